The van der Waals surface area contributed by atoms with Crippen LogP contribution in [-0.4, -0.2) is 42.0 Å². The van der Waals surface area contributed by atoms with Gasteiger partial charge in [0.05, 0.1) is 6.04 Å². The van der Waals surface area contributed by atoms with E-state index in [-0.39, 0.29) is 0 Å². The molecule has 0 aromatic rings. The molecule has 0 N–H and O–H groups in total. The lowest BCUT2D eigenvalue weighted by atomic mass is 9.84. The first-order chi connectivity index (χ1) is 9.10. The first-order valence-corrected chi connectivity index (χ1v) is 7.65. The summed E-state index contributed by atoms with van der Waals surface area (Å²) < 4.78 is 0. The summed E-state index contributed by atoms with van der Waals surface area (Å²) in [6.45, 7) is 7.25. The second-order valence-electron chi connectivity index (χ2n) is 7.14. The predicted molar refractivity (Wildman–Crippen MR) is 78.7 cm³/mol. The van der Waals surface area contributed by atoms with E-state index in [9.17, 15) is 0 Å². The van der Waals surface area contributed by atoms with Gasteiger partial charge < -0.3 is 4.90 Å². The molecule has 4 atom stereocenters. The average Bonchev–Trinajstić information content (AvgIpc) is 2.78. The molecule has 4 unspecified atom stereocenters. The van der Waals surface area contributed by atoms with E-state index in [1.54, 1.807) is 5.57 Å². The van der Waals surface area contributed by atoms with Crippen molar-refractivity contribution in [2.45, 2.75) is 32.4 Å². The number of likely N-dealkylation sites (N-methyl/N-ethyl adjacent to an activating group) is 1. The van der Waals surface area contributed by atoms with Gasteiger partial charge in [0, 0.05) is 37.5 Å². The lowest BCUT2D eigenvalue weighted by Gasteiger charge is -2.29. The van der Waals surface area contributed by atoms with E-state index in [4.69, 9.17) is 0 Å². The maximum absolute atomic E-state index is 2.66. The Morgan fingerprint density at radius 3 is 2.89 bits per heavy atom. The van der Waals surface area contributed by atoms with E-state index in [1.165, 1.54) is 19.5 Å². The van der Waals surface area contributed by atoms with E-state index in [0.717, 1.165) is 5.92 Å². The van der Waals surface area contributed by atoms with Crippen LogP contribution >= 0.6 is 0 Å². The molecule has 102 valence electrons. The van der Waals surface area contributed by atoms with Gasteiger partial charge in [0.1, 0.15) is 0 Å². The minimum atomic E-state index is 0.515. The van der Waals surface area contributed by atoms with Crippen molar-refractivity contribution in [1.82, 2.24) is 9.80 Å². The van der Waals surface area contributed by atoms with Gasteiger partial charge in [-0.25, -0.2) is 0 Å². The minimum Gasteiger partial charge on any atom is -0.373 e. The molecule has 2 nitrogen and oxygen atoms in total. The van der Waals surface area contributed by atoms with Crippen LogP contribution in [0.4, 0.5) is 0 Å². The zero-order valence-electron chi connectivity index (χ0n) is 12.2. The average molecular weight is 256 g/mol. The van der Waals surface area contributed by atoms with Crippen molar-refractivity contribution in [2.75, 3.05) is 20.1 Å². The first kappa shape index (κ1) is 11.8. The molecule has 0 radical (unpaired) electrons. The third-order valence-corrected chi connectivity index (χ3v) is 5.73. The van der Waals surface area contributed by atoms with Gasteiger partial charge in [0.25, 0.3) is 0 Å². The number of hydrogen-bond donors (Lipinski definition) is 0. The molecule has 4 aliphatic rings. The first-order valence-electron chi connectivity index (χ1n) is 7.65. The van der Waals surface area contributed by atoms with Crippen LogP contribution in [0.5, 0.6) is 0 Å². The molecule has 0 aromatic heterocycles. The van der Waals surface area contributed by atoms with Crippen LogP contribution in [0.25, 0.3) is 0 Å². The number of hydrogen-bond acceptors (Lipinski definition) is 2. The fourth-order valence-electron chi connectivity index (χ4n) is 4.30. The molecule has 0 spiro atoms. The van der Waals surface area contributed by atoms with Gasteiger partial charge in [-0.05, 0) is 38.0 Å². The minimum absolute atomic E-state index is 0.515. The van der Waals surface area contributed by atoms with Gasteiger partial charge in [-0.1, -0.05) is 24.3 Å². The largest absolute Gasteiger partial charge is 0.373 e. The van der Waals surface area contributed by atoms with Crippen molar-refractivity contribution in [1.29, 1.82) is 0 Å². The second-order valence-corrected chi connectivity index (χ2v) is 7.14. The maximum atomic E-state index is 2.66. The molecule has 0 aromatic carbocycles. The monoisotopic (exact) mass is 256 g/mol. The number of nitrogens with zero attached hydrogens (tertiary/aromatic N) is 2. The molecular weight excluding hydrogens is 232 g/mol. The molecule has 19 heavy (non-hydrogen) atoms. The number of fused-ring (bicyclic) bond motifs is 2. The fourth-order valence-corrected chi connectivity index (χ4v) is 4.30. The summed E-state index contributed by atoms with van der Waals surface area (Å²) in [5.41, 5.74) is 2.14. The molecule has 1 saturated carbocycles. The van der Waals surface area contributed by atoms with E-state index in [2.05, 4.69) is 61.2 Å². The van der Waals surface area contributed by atoms with Gasteiger partial charge in [-0.3, -0.25) is 4.90 Å². The quantitative estimate of drug-likeness (QED) is 0.749. The maximum Gasteiger partial charge on any atom is 0.0565 e. The van der Waals surface area contributed by atoms with Crippen LogP contribution in [0.2, 0.25) is 0 Å². The van der Waals surface area contributed by atoms with Gasteiger partial charge in [-0.2, -0.15) is 0 Å². The molecule has 2 aliphatic carbocycles. The number of piperidine rings is 1. The molecule has 2 heteroatoms. The fraction of sp³-hybridized carbons (Fsp3) is 0.647. The van der Waals surface area contributed by atoms with Gasteiger partial charge in [0.2, 0.25) is 0 Å². The van der Waals surface area contributed by atoms with Gasteiger partial charge in [-0.15, -0.1) is 0 Å². The highest BCUT2D eigenvalue weighted by Crippen LogP contribution is 2.63. The molecule has 2 fully saturated rings. The van der Waals surface area contributed by atoms with E-state index < -0.39 is 0 Å². The Hall–Kier alpha value is -1.02. The summed E-state index contributed by atoms with van der Waals surface area (Å²) in [5, 5.41) is 0. The summed E-state index contributed by atoms with van der Waals surface area (Å²) in [6.07, 6.45) is 13.4. The van der Waals surface area contributed by atoms with Crippen molar-refractivity contribution < 1.29 is 0 Å². The number of allylic oxidation sites excluding steroid dienone is 1. The Morgan fingerprint density at radius 1 is 1.32 bits per heavy atom. The molecule has 4 rings (SSSR count). The Labute approximate surface area is 116 Å². The van der Waals surface area contributed by atoms with Crippen LogP contribution in [0.15, 0.2) is 36.1 Å². The van der Waals surface area contributed by atoms with E-state index in [1.807, 2.05) is 0 Å². The van der Waals surface area contributed by atoms with Crippen LogP contribution < -0.4 is 0 Å². The summed E-state index contributed by atoms with van der Waals surface area (Å²) in [5.74, 6) is 1.53. The second kappa shape index (κ2) is 3.76. The Balaban J connectivity index is 1.57. The smallest absolute Gasteiger partial charge is 0.0565 e. The standard InChI is InChI=1S/C17H24N2/c1-12(2)19-10-15-9-17(15,11-19)14-4-5-16-13(8-14)6-7-18(16)3/h4-8,12-13,15-16H,9-11H2,1-3H3. The van der Waals surface area contributed by atoms with Crippen LogP contribution in [0, 0.1) is 17.3 Å². The highest BCUT2D eigenvalue weighted by Gasteiger charge is 2.61. The Kier molecular flexibility index (Phi) is 2.33. The Morgan fingerprint density at radius 2 is 2.16 bits per heavy atom. The molecule has 2 heterocycles. The van der Waals surface area contributed by atoms with E-state index >= 15 is 0 Å². The molecular formula is C17H24N2. The zero-order chi connectivity index (χ0) is 13.2. The van der Waals surface area contributed by atoms with Crippen molar-refractivity contribution in [3.8, 4) is 0 Å². The van der Waals surface area contributed by atoms with Crippen LogP contribution in [-0.2, 0) is 0 Å². The topological polar surface area (TPSA) is 6.48 Å². The third kappa shape index (κ3) is 1.59. The molecule has 0 amide bonds. The molecule has 0 bridgehead atoms. The van der Waals surface area contributed by atoms with Crippen LogP contribution in [0.3, 0.4) is 0 Å². The zero-order valence-corrected chi connectivity index (χ0v) is 12.2. The highest BCUT2D eigenvalue weighted by atomic mass is 15.2. The summed E-state index contributed by atoms with van der Waals surface area (Å²) in [7, 11) is 2.18. The van der Waals surface area contributed by atoms with Crippen molar-refractivity contribution in [3.05, 3.63) is 36.1 Å². The normalized spacial score (nSPS) is 43.7. The SMILES string of the molecule is CC(C)N1CC2CC2(C2=CC3C=CN(C)C3C=C2)C1. The van der Waals surface area contributed by atoms with Crippen molar-refractivity contribution >= 4 is 0 Å². The summed E-state index contributed by atoms with van der Waals surface area (Å²) in [6, 6.07) is 1.27. The van der Waals surface area contributed by atoms with Gasteiger partial charge in [0.15, 0.2) is 0 Å². The predicted octanol–water partition coefficient (Wildman–Crippen LogP) is 2.66. The van der Waals surface area contributed by atoms with Gasteiger partial charge >= 0.3 is 0 Å². The molecule has 1 saturated heterocycles. The van der Waals surface area contributed by atoms with Crippen LogP contribution in [0.1, 0.15) is 20.3 Å². The summed E-state index contributed by atoms with van der Waals surface area (Å²) >= 11 is 0. The van der Waals surface area contributed by atoms with Crippen molar-refractivity contribution in [3.63, 3.8) is 0 Å². The number of rotatable bonds is 2. The lowest BCUT2D eigenvalue weighted by molar-refractivity contribution is 0.237. The lowest BCUT2D eigenvalue weighted by Crippen LogP contribution is -2.33. The Bertz CT molecular complexity index is 487. The summed E-state index contributed by atoms with van der Waals surface area (Å²) in [4.78, 5) is 4.98. The van der Waals surface area contributed by atoms with Crippen molar-refractivity contribution in [2.24, 2.45) is 17.3 Å². The molecule has 2 aliphatic heterocycles. The third-order valence-electron chi connectivity index (χ3n) is 5.73. The number of likely N-dealkylation sites (tertiary alicyclic amines) is 1. The van der Waals surface area contributed by atoms with E-state index in [0.29, 0.717) is 23.4 Å². The highest BCUT2D eigenvalue weighted by molar-refractivity contribution is 5.43.